The molecule has 1 aromatic heterocycles. The van der Waals surface area contributed by atoms with Gasteiger partial charge in [-0.3, -0.25) is 5.10 Å². The number of aromatic nitrogens is 3. The molecule has 15 heavy (non-hydrogen) atoms. The summed E-state index contributed by atoms with van der Waals surface area (Å²) in [6, 6.07) is 0.244. The first kappa shape index (κ1) is 11.7. The highest BCUT2D eigenvalue weighted by Crippen LogP contribution is 2.12. The highest BCUT2D eigenvalue weighted by Gasteiger charge is 2.11. The zero-order valence-corrected chi connectivity index (χ0v) is 9.38. The van der Waals surface area contributed by atoms with Gasteiger partial charge in [-0.1, -0.05) is 6.92 Å². The number of aromatic amines is 1. The van der Waals surface area contributed by atoms with Crippen LogP contribution in [0.25, 0.3) is 0 Å². The normalized spacial score (nSPS) is 11.9. The summed E-state index contributed by atoms with van der Waals surface area (Å²) >= 11 is 0. The van der Waals surface area contributed by atoms with E-state index >= 15 is 0 Å². The van der Waals surface area contributed by atoms with Crippen molar-refractivity contribution >= 4 is 0 Å². The van der Waals surface area contributed by atoms with Crippen molar-refractivity contribution in [3.8, 4) is 11.8 Å². The van der Waals surface area contributed by atoms with Gasteiger partial charge in [0, 0.05) is 6.42 Å². The third kappa shape index (κ3) is 4.13. The Balaban J connectivity index is 2.48. The SMILES string of the molecule is CC#CCCC(NCCC)c1ncn[nH]1. The van der Waals surface area contributed by atoms with Crippen LogP contribution in [0.15, 0.2) is 6.33 Å². The van der Waals surface area contributed by atoms with E-state index in [0.29, 0.717) is 0 Å². The van der Waals surface area contributed by atoms with Crippen LogP contribution in [0.5, 0.6) is 0 Å². The molecule has 0 aliphatic rings. The molecule has 0 saturated carbocycles. The van der Waals surface area contributed by atoms with Crippen molar-refractivity contribution in [2.75, 3.05) is 6.54 Å². The van der Waals surface area contributed by atoms with Crippen molar-refractivity contribution in [1.82, 2.24) is 20.5 Å². The minimum Gasteiger partial charge on any atom is -0.307 e. The van der Waals surface area contributed by atoms with Crippen molar-refractivity contribution in [1.29, 1.82) is 0 Å². The second-order valence-electron chi connectivity index (χ2n) is 3.34. The second kappa shape index (κ2) is 7.02. The molecule has 4 heteroatoms. The van der Waals surface area contributed by atoms with Gasteiger partial charge in [0.25, 0.3) is 0 Å². The lowest BCUT2D eigenvalue weighted by molar-refractivity contribution is 0.484. The van der Waals surface area contributed by atoms with E-state index in [0.717, 1.165) is 31.6 Å². The zero-order valence-electron chi connectivity index (χ0n) is 9.38. The van der Waals surface area contributed by atoms with Crippen LogP contribution in [0.1, 0.15) is 45.0 Å². The Bertz CT molecular complexity index is 307. The maximum absolute atomic E-state index is 4.17. The van der Waals surface area contributed by atoms with Gasteiger partial charge in [0.2, 0.25) is 0 Å². The predicted octanol–water partition coefficient (Wildman–Crippen LogP) is 1.65. The molecule has 1 unspecified atom stereocenters. The Kier molecular flexibility index (Phi) is 5.49. The smallest absolute Gasteiger partial charge is 0.141 e. The first-order chi connectivity index (χ1) is 7.38. The number of nitrogens with one attached hydrogen (secondary N) is 2. The lowest BCUT2D eigenvalue weighted by Gasteiger charge is -2.14. The van der Waals surface area contributed by atoms with Crippen LogP contribution in [0, 0.1) is 11.8 Å². The van der Waals surface area contributed by atoms with Crippen molar-refractivity contribution in [2.24, 2.45) is 0 Å². The monoisotopic (exact) mass is 206 g/mol. The second-order valence-corrected chi connectivity index (χ2v) is 3.34. The molecule has 1 aromatic rings. The molecule has 1 heterocycles. The number of rotatable bonds is 6. The molecule has 1 rings (SSSR count). The van der Waals surface area contributed by atoms with Crippen LogP contribution in [-0.2, 0) is 0 Å². The van der Waals surface area contributed by atoms with Crippen LogP contribution in [0.3, 0.4) is 0 Å². The Morgan fingerprint density at radius 3 is 3.07 bits per heavy atom. The van der Waals surface area contributed by atoms with Gasteiger partial charge in [-0.05, 0) is 26.3 Å². The van der Waals surface area contributed by atoms with Crippen molar-refractivity contribution in [3.63, 3.8) is 0 Å². The van der Waals surface area contributed by atoms with E-state index in [1.807, 2.05) is 6.92 Å². The summed E-state index contributed by atoms with van der Waals surface area (Å²) in [5, 5.41) is 10.2. The van der Waals surface area contributed by atoms with Crippen LogP contribution in [0.4, 0.5) is 0 Å². The number of nitrogens with zero attached hydrogens (tertiary/aromatic N) is 2. The summed E-state index contributed by atoms with van der Waals surface area (Å²) in [5.41, 5.74) is 0. The third-order valence-electron chi connectivity index (χ3n) is 2.14. The highest BCUT2D eigenvalue weighted by molar-refractivity contribution is 4.98. The Hall–Kier alpha value is -1.34. The minimum absolute atomic E-state index is 0.244. The summed E-state index contributed by atoms with van der Waals surface area (Å²) in [6.45, 7) is 5.00. The van der Waals surface area contributed by atoms with E-state index < -0.39 is 0 Å². The first-order valence-electron chi connectivity index (χ1n) is 5.36. The van der Waals surface area contributed by atoms with Crippen LogP contribution in [0.2, 0.25) is 0 Å². The highest BCUT2D eigenvalue weighted by atomic mass is 15.2. The van der Waals surface area contributed by atoms with Crippen LogP contribution >= 0.6 is 0 Å². The molecule has 0 aliphatic heterocycles. The number of hydrogen-bond acceptors (Lipinski definition) is 3. The Morgan fingerprint density at radius 1 is 1.60 bits per heavy atom. The topological polar surface area (TPSA) is 53.6 Å². The quantitative estimate of drug-likeness (QED) is 0.696. The fraction of sp³-hybridized carbons (Fsp3) is 0.636. The molecule has 82 valence electrons. The van der Waals surface area contributed by atoms with Gasteiger partial charge >= 0.3 is 0 Å². The van der Waals surface area contributed by atoms with E-state index in [1.165, 1.54) is 0 Å². The van der Waals surface area contributed by atoms with Gasteiger partial charge in [-0.15, -0.1) is 11.8 Å². The van der Waals surface area contributed by atoms with E-state index in [2.05, 4.69) is 39.3 Å². The molecule has 0 spiro atoms. The fourth-order valence-corrected chi connectivity index (χ4v) is 1.38. The van der Waals surface area contributed by atoms with Crippen LogP contribution in [-0.4, -0.2) is 21.7 Å². The average molecular weight is 206 g/mol. The van der Waals surface area contributed by atoms with Crippen molar-refractivity contribution < 1.29 is 0 Å². The summed E-state index contributed by atoms with van der Waals surface area (Å²) in [5.74, 6) is 6.87. The van der Waals surface area contributed by atoms with E-state index in [9.17, 15) is 0 Å². The Morgan fingerprint density at radius 2 is 2.47 bits per heavy atom. The summed E-state index contributed by atoms with van der Waals surface area (Å²) < 4.78 is 0. The first-order valence-corrected chi connectivity index (χ1v) is 5.36. The number of H-pyrrole nitrogens is 1. The lowest BCUT2D eigenvalue weighted by atomic mass is 10.1. The molecule has 0 fully saturated rings. The molecular formula is C11H18N4. The van der Waals surface area contributed by atoms with Gasteiger partial charge < -0.3 is 5.32 Å². The van der Waals surface area contributed by atoms with Gasteiger partial charge in [-0.25, -0.2) is 4.98 Å². The molecule has 0 radical (unpaired) electrons. The predicted molar refractivity (Wildman–Crippen MR) is 60.1 cm³/mol. The maximum Gasteiger partial charge on any atom is 0.141 e. The summed E-state index contributed by atoms with van der Waals surface area (Å²) in [6.07, 6.45) is 4.51. The van der Waals surface area contributed by atoms with Crippen molar-refractivity contribution in [2.45, 2.75) is 39.2 Å². The molecule has 0 saturated heterocycles. The Labute approximate surface area is 90.9 Å². The van der Waals surface area contributed by atoms with Gasteiger partial charge in [0.1, 0.15) is 12.2 Å². The zero-order chi connectivity index (χ0) is 10.9. The molecule has 4 nitrogen and oxygen atoms in total. The molecule has 0 bridgehead atoms. The maximum atomic E-state index is 4.17. The van der Waals surface area contributed by atoms with E-state index in [4.69, 9.17) is 0 Å². The third-order valence-corrected chi connectivity index (χ3v) is 2.14. The van der Waals surface area contributed by atoms with Crippen molar-refractivity contribution in [3.05, 3.63) is 12.2 Å². The molecule has 1 atom stereocenters. The van der Waals surface area contributed by atoms with E-state index in [1.54, 1.807) is 6.33 Å². The minimum atomic E-state index is 0.244. The van der Waals surface area contributed by atoms with Gasteiger partial charge in [-0.2, -0.15) is 5.10 Å². The van der Waals surface area contributed by atoms with Gasteiger partial charge in [0.05, 0.1) is 6.04 Å². The van der Waals surface area contributed by atoms with Crippen LogP contribution < -0.4 is 5.32 Å². The summed E-state index contributed by atoms with van der Waals surface area (Å²) in [4.78, 5) is 4.17. The molecule has 0 aliphatic carbocycles. The lowest BCUT2D eigenvalue weighted by Crippen LogP contribution is -2.23. The number of hydrogen-bond donors (Lipinski definition) is 2. The van der Waals surface area contributed by atoms with Gasteiger partial charge in [0.15, 0.2) is 0 Å². The largest absolute Gasteiger partial charge is 0.307 e. The fourth-order valence-electron chi connectivity index (χ4n) is 1.38. The standard InChI is InChI=1S/C11H18N4/c1-3-5-6-7-10(12-8-4-2)11-13-9-14-15-11/h9-10,12H,4,6-8H2,1-2H3,(H,13,14,15). The molecular weight excluding hydrogens is 188 g/mol. The average Bonchev–Trinajstić information content (AvgIpc) is 2.76. The summed E-state index contributed by atoms with van der Waals surface area (Å²) in [7, 11) is 0. The van der Waals surface area contributed by atoms with E-state index in [-0.39, 0.29) is 6.04 Å². The molecule has 2 N–H and O–H groups in total. The molecule has 0 amide bonds. The molecule has 0 aromatic carbocycles.